The van der Waals surface area contributed by atoms with E-state index in [4.69, 9.17) is 10.9 Å². The van der Waals surface area contributed by atoms with E-state index >= 15 is 0 Å². The maximum Gasteiger partial charge on any atom is 0.248 e. The summed E-state index contributed by atoms with van der Waals surface area (Å²) in [6.07, 6.45) is 10.0. The number of pyridine rings is 1. The fraction of sp³-hybridized carbons (Fsp3) is 0.324. The van der Waals surface area contributed by atoms with Crippen molar-refractivity contribution in [1.82, 2.24) is 39.8 Å². The molecule has 5 aromatic rings. The predicted octanol–water partition coefficient (Wildman–Crippen LogP) is 4.57. The molecule has 3 atom stereocenters. The lowest BCUT2D eigenvalue weighted by atomic mass is 9.95. The number of carbonyl (C=O) groups is 3. The average Bonchev–Trinajstić information content (AvgIpc) is 3.74. The van der Waals surface area contributed by atoms with E-state index in [1.54, 1.807) is 32.3 Å². The van der Waals surface area contributed by atoms with Gasteiger partial charge in [-0.25, -0.2) is 15.0 Å². The lowest BCUT2D eigenvalue weighted by molar-refractivity contribution is -0.138. The zero-order chi connectivity index (χ0) is 34.3. The molecule has 14 heteroatoms. The number of hydrogen-bond acceptors (Lipinski definition) is 10. The van der Waals surface area contributed by atoms with Crippen LogP contribution in [0.2, 0.25) is 0 Å². The van der Waals surface area contributed by atoms with E-state index in [1.807, 2.05) is 32.0 Å². The Hall–Kier alpha value is -5.29. The Balaban J connectivity index is 1.37. The van der Waals surface area contributed by atoms with Crippen molar-refractivity contribution in [3.63, 3.8) is 0 Å². The Bertz CT molecular complexity index is 2120. The molecule has 1 N–H and O–H groups in total. The van der Waals surface area contributed by atoms with Crippen LogP contribution < -0.4 is 5.32 Å². The van der Waals surface area contributed by atoms with Crippen molar-refractivity contribution in [2.24, 2.45) is 5.92 Å². The normalized spacial score (nSPS) is 17.4. The first-order valence-corrected chi connectivity index (χ1v) is 16.0. The molecule has 0 unspecified atom stereocenters. The molecule has 5 heterocycles. The largest absolute Gasteiger partial charge is 0.339 e. The van der Waals surface area contributed by atoms with Gasteiger partial charge in [-0.1, -0.05) is 17.1 Å². The highest BCUT2D eigenvalue weighted by molar-refractivity contribution is 9.10. The van der Waals surface area contributed by atoms with Gasteiger partial charge in [0.1, 0.15) is 34.5 Å². The Morgan fingerprint density at radius 3 is 2.46 bits per heavy atom. The molecule has 48 heavy (non-hydrogen) atoms. The Labute approximate surface area is 284 Å². The number of likely N-dealkylation sites (tertiary alicyclic amines) is 1. The van der Waals surface area contributed by atoms with Gasteiger partial charge in [-0.3, -0.25) is 19.1 Å². The number of Topliss-reactive ketones (excluding diaryl/α,β-unsaturated/α-hetero) is 1. The molecular weight excluding hydrogens is 678 g/mol. The molecule has 2 amide bonds. The first-order valence-electron chi connectivity index (χ1n) is 15.2. The summed E-state index contributed by atoms with van der Waals surface area (Å²) < 4.78 is 7.42. The Morgan fingerprint density at radius 1 is 1.04 bits per heavy atom. The molecule has 1 aromatic carbocycles. The molecule has 0 radical (unpaired) electrons. The van der Waals surface area contributed by atoms with Crippen LogP contribution in [0.3, 0.4) is 0 Å². The van der Waals surface area contributed by atoms with E-state index in [0.717, 1.165) is 22.3 Å². The van der Waals surface area contributed by atoms with Crippen LogP contribution in [0.15, 0.2) is 45.8 Å². The Morgan fingerprint density at radius 2 is 1.79 bits per heavy atom. The van der Waals surface area contributed by atoms with Gasteiger partial charge < -0.3 is 14.7 Å². The molecule has 0 bridgehead atoms. The number of ketones is 1. The first-order chi connectivity index (χ1) is 22.9. The van der Waals surface area contributed by atoms with Gasteiger partial charge in [0.05, 0.1) is 11.6 Å². The van der Waals surface area contributed by atoms with E-state index in [-0.39, 0.29) is 36.8 Å². The topological polar surface area (TPSA) is 162 Å². The van der Waals surface area contributed by atoms with Crippen molar-refractivity contribution in [1.29, 1.82) is 0 Å². The van der Waals surface area contributed by atoms with Gasteiger partial charge in [0, 0.05) is 42.6 Å². The fourth-order valence-corrected chi connectivity index (χ4v) is 6.53. The van der Waals surface area contributed by atoms with Crippen LogP contribution in [0, 0.1) is 46.0 Å². The lowest BCUT2D eigenvalue weighted by Gasteiger charge is -2.28. The molecule has 1 fully saturated rings. The standard InChI is InChI=1S/C34H32BrN9O4/c1-7-26-23(13-29-38-21(6)42-48-29)12-27(34(47)40-33-17(2)8-9-28(35)39-33)44(26)30(46)16-43-32-18(3)10-22(24-14-36-20(5)37-15-24)11-25(32)31(41-43)19(4)45/h1,8-11,14-15,23,26-27H,12-13,16H2,2-6H3,(H,39,40,47)/t23-,26-,27+/m1/s1. The third-order valence-electron chi connectivity index (χ3n) is 8.45. The second-order valence-electron chi connectivity index (χ2n) is 11.9. The van der Waals surface area contributed by atoms with Crippen molar-refractivity contribution >= 4 is 50.2 Å². The molecule has 6 rings (SSSR count). The number of carbonyl (C=O) groups excluding carboxylic acids is 3. The van der Waals surface area contributed by atoms with Crippen molar-refractivity contribution in [2.45, 2.75) is 66.1 Å². The van der Waals surface area contributed by atoms with Crippen LogP contribution in [0.5, 0.6) is 0 Å². The van der Waals surface area contributed by atoms with E-state index in [9.17, 15) is 14.4 Å². The first kappa shape index (κ1) is 32.6. The number of rotatable bonds is 8. The minimum atomic E-state index is -0.934. The molecule has 1 aliphatic heterocycles. The third kappa shape index (κ3) is 6.33. The average molecular weight is 711 g/mol. The second-order valence-corrected chi connectivity index (χ2v) is 12.7. The van der Waals surface area contributed by atoms with E-state index in [0.29, 0.717) is 38.9 Å². The molecule has 244 valence electrons. The van der Waals surface area contributed by atoms with Crippen LogP contribution in [-0.4, -0.2) is 69.5 Å². The van der Waals surface area contributed by atoms with Gasteiger partial charge >= 0.3 is 0 Å². The SMILES string of the molecule is C#C[C@@H]1[C@@H](Cc2nc(C)no2)C[C@@H](C(=O)Nc2nc(Br)ccc2C)N1C(=O)Cn1nc(C(C)=O)c2cc(-c3cnc(C)nc3)cc(C)c21. The number of aromatic nitrogens is 7. The minimum Gasteiger partial charge on any atom is -0.339 e. The number of benzene rings is 1. The lowest BCUT2D eigenvalue weighted by Crippen LogP contribution is -2.48. The van der Waals surface area contributed by atoms with Gasteiger partial charge in [-0.15, -0.1) is 6.42 Å². The third-order valence-corrected chi connectivity index (χ3v) is 8.89. The van der Waals surface area contributed by atoms with Crippen LogP contribution >= 0.6 is 15.9 Å². The number of nitrogens with zero attached hydrogens (tertiary/aromatic N) is 8. The number of hydrogen-bond donors (Lipinski definition) is 1. The Kier molecular flexibility index (Phi) is 8.89. The number of nitrogens with one attached hydrogen (secondary N) is 1. The van der Waals surface area contributed by atoms with Gasteiger partial charge in [-0.05, 0) is 84.9 Å². The van der Waals surface area contributed by atoms with Crippen LogP contribution in [0.25, 0.3) is 22.0 Å². The number of terminal acetylenes is 1. The monoisotopic (exact) mass is 709 g/mol. The fourth-order valence-electron chi connectivity index (χ4n) is 6.22. The van der Waals surface area contributed by atoms with E-state index in [2.05, 4.69) is 57.4 Å². The van der Waals surface area contributed by atoms with Crippen molar-refractivity contribution in [3.8, 4) is 23.5 Å². The number of anilines is 1. The number of halogens is 1. The summed E-state index contributed by atoms with van der Waals surface area (Å²) in [5.74, 6) is 3.12. The number of fused-ring (bicyclic) bond motifs is 1. The molecule has 0 spiro atoms. The summed E-state index contributed by atoms with van der Waals surface area (Å²) in [5, 5.41) is 12.0. The van der Waals surface area contributed by atoms with Gasteiger partial charge in [0.2, 0.25) is 17.7 Å². The molecule has 4 aromatic heterocycles. The van der Waals surface area contributed by atoms with Gasteiger partial charge in [-0.2, -0.15) is 10.1 Å². The minimum absolute atomic E-state index is 0.223. The molecule has 13 nitrogen and oxygen atoms in total. The zero-order valence-electron chi connectivity index (χ0n) is 27.0. The summed E-state index contributed by atoms with van der Waals surface area (Å²) in [6.45, 7) is 8.40. The molecule has 1 aliphatic rings. The van der Waals surface area contributed by atoms with Gasteiger partial charge in [0.25, 0.3) is 0 Å². The smallest absolute Gasteiger partial charge is 0.248 e. The predicted molar refractivity (Wildman–Crippen MR) is 180 cm³/mol. The summed E-state index contributed by atoms with van der Waals surface area (Å²) in [4.78, 5) is 59.8. The molecule has 1 saturated heterocycles. The second kappa shape index (κ2) is 13.1. The number of amides is 2. The summed E-state index contributed by atoms with van der Waals surface area (Å²) in [7, 11) is 0. The van der Waals surface area contributed by atoms with Crippen molar-refractivity contribution in [3.05, 3.63) is 75.6 Å². The maximum atomic E-state index is 14.3. The highest BCUT2D eigenvalue weighted by atomic mass is 79.9. The van der Waals surface area contributed by atoms with E-state index < -0.39 is 23.9 Å². The molecule has 0 saturated carbocycles. The van der Waals surface area contributed by atoms with Crippen LogP contribution in [0.1, 0.15) is 52.5 Å². The maximum absolute atomic E-state index is 14.3. The highest BCUT2D eigenvalue weighted by Gasteiger charge is 2.47. The van der Waals surface area contributed by atoms with Gasteiger partial charge in [0.15, 0.2) is 11.6 Å². The van der Waals surface area contributed by atoms with Crippen LogP contribution in [0.4, 0.5) is 5.82 Å². The summed E-state index contributed by atoms with van der Waals surface area (Å²) in [6, 6.07) is 5.69. The molecular formula is C34H32BrN9O4. The quantitative estimate of drug-likeness (QED) is 0.137. The summed E-state index contributed by atoms with van der Waals surface area (Å²) in [5.41, 5.74) is 3.98. The zero-order valence-corrected chi connectivity index (χ0v) is 28.6. The summed E-state index contributed by atoms with van der Waals surface area (Å²) >= 11 is 3.35. The van der Waals surface area contributed by atoms with Crippen molar-refractivity contribution < 1.29 is 18.9 Å². The number of aryl methyl sites for hydroxylation is 4. The van der Waals surface area contributed by atoms with E-state index in [1.165, 1.54) is 16.5 Å². The highest BCUT2D eigenvalue weighted by Crippen LogP contribution is 2.35. The van der Waals surface area contributed by atoms with Crippen molar-refractivity contribution in [2.75, 3.05) is 5.32 Å². The van der Waals surface area contributed by atoms with Crippen LogP contribution in [-0.2, 0) is 22.6 Å². The molecule has 0 aliphatic carbocycles.